The van der Waals surface area contributed by atoms with E-state index in [1.54, 1.807) is 24.3 Å². The quantitative estimate of drug-likeness (QED) is 0.613. The molecular weight excluding hydrogens is 248 g/mol. The van der Waals surface area contributed by atoms with Gasteiger partial charge in [-0.1, -0.05) is 12.1 Å². The summed E-state index contributed by atoms with van der Waals surface area (Å²) in [6.45, 7) is 2.88. The van der Waals surface area contributed by atoms with Gasteiger partial charge in [0, 0.05) is 0 Å². The predicted molar refractivity (Wildman–Crippen MR) is 67.8 cm³/mol. The maximum atomic E-state index is 12.1. The van der Waals surface area contributed by atoms with E-state index in [0.29, 0.717) is 17.7 Å². The van der Waals surface area contributed by atoms with Crippen molar-refractivity contribution in [1.82, 2.24) is 5.32 Å². The van der Waals surface area contributed by atoms with Gasteiger partial charge in [-0.15, -0.1) is 0 Å². The molecule has 1 unspecified atom stereocenters. The number of para-hydroxylation sites is 2. The predicted octanol–water partition coefficient (Wildman–Crippen LogP) is 0.480. The third kappa shape index (κ3) is 2.29. The molecule has 0 aromatic heterocycles. The Bertz CT molecular complexity index is 543. The summed E-state index contributed by atoms with van der Waals surface area (Å²) in [4.78, 5) is 34.6. The topological polar surface area (TPSA) is 84.5 Å². The average Bonchev–Trinajstić information content (AvgIpc) is 2.39. The number of hydrogen-bond acceptors (Lipinski definition) is 4. The summed E-state index contributed by atoms with van der Waals surface area (Å²) in [6.07, 6.45) is 0.579. The summed E-state index contributed by atoms with van der Waals surface area (Å²) in [5.74, 6) is -0.806. The molecule has 6 heteroatoms. The minimum absolute atomic E-state index is 0.415. The second kappa shape index (κ2) is 4.72. The van der Waals surface area contributed by atoms with Gasteiger partial charge in [0.05, 0.1) is 11.7 Å². The van der Waals surface area contributed by atoms with Gasteiger partial charge in [0.15, 0.2) is 0 Å². The molecule has 6 nitrogen and oxygen atoms in total. The molecule has 2 rings (SSSR count). The van der Waals surface area contributed by atoms with Crippen LogP contribution in [-0.4, -0.2) is 29.7 Å². The Morgan fingerprint density at radius 2 is 2.16 bits per heavy atom. The van der Waals surface area contributed by atoms with E-state index < -0.39 is 23.5 Å². The van der Waals surface area contributed by atoms with Crippen LogP contribution in [-0.2, 0) is 14.4 Å². The maximum Gasteiger partial charge on any atom is 0.278 e. The Morgan fingerprint density at radius 3 is 2.84 bits per heavy atom. The lowest BCUT2D eigenvalue weighted by Crippen LogP contribution is -2.60. The first-order chi connectivity index (χ1) is 8.97. The number of rotatable bonds is 3. The van der Waals surface area contributed by atoms with Gasteiger partial charge in [0.25, 0.3) is 17.4 Å². The molecule has 2 N–H and O–H groups in total. The van der Waals surface area contributed by atoms with Crippen molar-refractivity contribution in [3.05, 3.63) is 24.3 Å². The van der Waals surface area contributed by atoms with E-state index in [-0.39, 0.29) is 0 Å². The van der Waals surface area contributed by atoms with Crippen molar-refractivity contribution in [2.45, 2.75) is 25.5 Å². The fourth-order valence-electron chi connectivity index (χ4n) is 1.69. The van der Waals surface area contributed by atoms with Crippen molar-refractivity contribution in [2.24, 2.45) is 0 Å². The molecule has 1 aromatic carbocycles. The highest BCUT2D eigenvalue weighted by Gasteiger charge is 2.47. The summed E-state index contributed by atoms with van der Waals surface area (Å²) in [6, 6.07) is 6.14. The molecule has 2 atom stereocenters. The molecule has 1 aromatic rings. The van der Waals surface area contributed by atoms with E-state index in [2.05, 4.69) is 10.6 Å². The SMILES string of the molecule is C[C@H](C=O)NC(=O)C1(C)Oc2ccccc2NC1=O. The zero-order chi connectivity index (χ0) is 14.0. The van der Waals surface area contributed by atoms with Crippen LogP contribution >= 0.6 is 0 Å². The van der Waals surface area contributed by atoms with Crippen molar-refractivity contribution in [3.8, 4) is 5.75 Å². The third-order valence-electron chi connectivity index (χ3n) is 2.88. The summed E-state index contributed by atoms with van der Waals surface area (Å²) < 4.78 is 5.50. The number of aldehydes is 1. The zero-order valence-electron chi connectivity index (χ0n) is 10.6. The van der Waals surface area contributed by atoms with E-state index >= 15 is 0 Å². The van der Waals surface area contributed by atoms with E-state index in [4.69, 9.17) is 4.74 Å². The van der Waals surface area contributed by atoms with Crippen LogP contribution in [0.2, 0.25) is 0 Å². The molecule has 0 saturated carbocycles. The third-order valence-corrected chi connectivity index (χ3v) is 2.88. The molecule has 0 bridgehead atoms. The van der Waals surface area contributed by atoms with E-state index in [1.807, 2.05) is 0 Å². The van der Waals surface area contributed by atoms with Crippen LogP contribution in [0.5, 0.6) is 5.75 Å². The normalized spacial score (nSPS) is 22.5. The molecule has 1 aliphatic rings. The number of nitrogens with one attached hydrogen (secondary N) is 2. The van der Waals surface area contributed by atoms with E-state index in [0.717, 1.165) is 0 Å². The highest BCUT2D eigenvalue weighted by Crippen LogP contribution is 2.33. The lowest BCUT2D eigenvalue weighted by atomic mass is 10.0. The second-order valence-corrected chi connectivity index (χ2v) is 4.48. The number of anilines is 1. The van der Waals surface area contributed by atoms with Gasteiger partial charge < -0.3 is 20.2 Å². The van der Waals surface area contributed by atoms with Gasteiger partial charge in [0.1, 0.15) is 12.0 Å². The van der Waals surface area contributed by atoms with Gasteiger partial charge in [-0.2, -0.15) is 0 Å². The number of hydrogen-bond donors (Lipinski definition) is 2. The molecular formula is C13H14N2O4. The van der Waals surface area contributed by atoms with Crippen LogP contribution in [0.4, 0.5) is 5.69 Å². The minimum Gasteiger partial charge on any atom is -0.466 e. The summed E-state index contributed by atoms with van der Waals surface area (Å²) in [7, 11) is 0. The highest BCUT2D eigenvalue weighted by molar-refractivity contribution is 6.15. The molecule has 2 amide bonds. The lowest BCUT2D eigenvalue weighted by molar-refractivity contribution is -0.147. The molecule has 0 saturated heterocycles. The molecule has 0 spiro atoms. The van der Waals surface area contributed by atoms with Gasteiger partial charge in [-0.3, -0.25) is 9.59 Å². The smallest absolute Gasteiger partial charge is 0.278 e. The van der Waals surface area contributed by atoms with Gasteiger partial charge in [0.2, 0.25) is 0 Å². The van der Waals surface area contributed by atoms with Crippen LogP contribution in [0.3, 0.4) is 0 Å². The van der Waals surface area contributed by atoms with Gasteiger partial charge in [-0.05, 0) is 26.0 Å². The van der Waals surface area contributed by atoms with Gasteiger partial charge >= 0.3 is 0 Å². The molecule has 1 heterocycles. The molecule has 19 heavy (non-hydrogen) atoms. The number of benzene rings is 1. The van der Waals surface area contributed by atoms with Crippen molar-refractivity contribution >= 4 is 23.8 Å². The Balaban J connectivity index is 2.27. The second-order valence-electron chi connectivity index (χ2n) is 4.48. The number of carbonyl (C=O) groups excluding carboxylic acids is 3. The highest BCUT2D eigenvalue weighted by atomic mass is 16.5. The lowest BCUT2D eigenvalue weighted by Gasteiger charge is -2.33. The van der Waals surface area contributed by atoms with Crippen molar-refractivity contribution in [3.63, 3.8) is 0 Å². The number of fused-ring (bicyclic) bond motifs is 1. The number of carbonyl (C=O) groups is 3. The van der Waals surface area contributed by atoms with Crippen LogP contribution < -0.4 is 15.4 Å². The van der Waals surface area contributed by atoms with E-state index in [1.165, 1.54) is 13.8 Å². The largest absolute Gasteiger partial charge is 0.466 e. The first-order valence-electron chi connectivity index (χ1n) is 5.83. The molecule has 0 aliphatic carbocycles. The Hall–Kier alpha value is -2.37. The van der Waals surface area contributed by atoms with Crippen LogP contribution in [0, 0.1) is 0 Å². The average molecular weight is 262 g/mol. The standard InChI is InChI=1S/C13H14N2O4/c1-8(7-16)14-11(17)13(2)12(18)15-9-5-3-4-6-10(9)19-13/h3-8H,1-2H3,(H,14,17)(H,15,18)/t8-,13?/m1/s1. The van der Waals surface area contributed by atoms with Gasteiger partial charge in [-0.25, -0.2) is 0 Å². The summed E-state index contributed by atoms with van der Waals surface area (Å²) >= 11 is 0. The molecule has 1 aliphatic heterocycles. The van der Waals surface area contributed by atoms with Crippen LogP contribution in [0.15, 0.2) is 24.3 Å². The summed E-state index contributed by atoms with van der Waals surface area (Å²) in [5, 5.41) is 5.02. The number of ether oxygens (including phenoxy) is 1. The Labute approximate surface area is 110 Å². The van der Waals surface area contributed by atoms with Crippen molar-refractivity contribution < 1.29 is 19.1 Å². The zero-order valence-corrected chi connectivity index (χ0v) is 10.6. The van der Waals surface area contributed by atoms with E-state index in [9.17, 15) is 14.4 Å². The fourth-order valence-corrected chi connectivity index (χ4v) is 1.69. The number of amides is 2. The van der Waals surface area contributed by atoms with Crippen molar-refractivity contribution in [2.75, 3.05) is 5.32 Å². The van der Waals surface area contributed by atoms with Crippen LogP contribution in [0.1, 0.15) is 13.8 Å². The first kappa shape index (κ1) is 13.1. The Morgan fingerprint density at radius 1 is 1.47 bits per heavy atom. The van der Waals surface area contributed by atoms with Crippen LogP contribution in [0.25, 0.3) is 0 Å². The minimum atomic E-state index is -1.69. The molecule has 100 valence electrons. The molecule has 0 radical (unpaired) electrons. The van der Waals surface area contributed by atoms with Crippen molar-refractivity contribution in [1.29, 1.82) is 0 Å². The Kier molecular flexibility index (Phi) is 3.25. The maximum absolute atomic E-state index is 12.1. The monoisotopic (exact) mass is 262 g/mol. The first-order valence-corrected chi connectivity index (χ1v) is 5.83. The fraction of sp³-hybridized carbons (Fsp3) is 0.308. The summed E-state index contributed by atoms with van der Waals surface area (Å²) in [5.41, 5.74) is -1.17. The molecule has 0 fully saturated rings.